The van der Waals surface area contributed by atoms with Crippen molar-refractivity contribution in [2.75, 3.05) is 19.6 Å². The van der Waals surface area contributed by atoms with E-state index in [1.54, 1.807) is 6.92 Å². The van der Waals surface area contributed by atoms with Crippen LogP contribution in [0.3, 0.4) is 0 Å². The Balaban J connectivity index is 1.82. The zero-order chi connectivity index (χ0) is 16.2. The summed E-state index contributed by atoms with van der Waals surface area (Å²) in [6.45, 7) is 6.94. The standard InChI is InChI=1S/C19H23N3O/c1-15-8-9-17(12-20-15)13-22-11-10-21(16(2)23)14-19(22)18-6-4-3-5-7-18/h3-9,12,19H,10-11,13-14H2,1-2H3/t19-/m0/s1. The summed E-state index contributed by atoms with van der Waals surface area (Å²) in [7, 11) is 0. The van der Waals surface area contributed by atoms with E-state index in [2.05, 4.69) is 46.3 Å². The molecule has 3 rings (SSSR count). The molecular weight excluding hydrogens is 286 g/mol. The van der Waals surface area contributed by atoms with Crippen molar-refractivity contribution < 1.29 is 4.79 Å². The van der Waals surface area contributed by atoms with E-state index in [4.69, 9.17) is 0 Å². The van der Waals surface area contributed by atoms with Crippen molar-refractivity contribution in [3.8, 4) is 0 Å². The fourth-order valence-electron chi connectivity index (χ4n) is 3.11. The second kappa shape index (κ2) is 6.92. The summed E-state index contributed by atoms with van der Waals surface area (Å²) in [6, 6.07) is 14.9. The highest BCUT2D eigenvalue weighted by molar-refractivity contribution is 5.73. The van der Waals surface area contributed by atoms with E-state index in [0.717, 1.165) is 31.9 Å². The van der Waals surface area contributed by atoms with Crippen LogP contribution in [0.2, 0.25) is 0 Å². The van der Waals surface area contributed by atoms with E-state index in [9.17, 15) is 4.79 Å². The van der Waals surface area contributed by atoms with Gasteiger partial charge >= 0.3 is 0 Å². The molecule has 1 aliphatic heterocycles. The van der Waals surface area contributed by atoms with Gasteiger partial charge in [-0.3, -0.25) is 14.7 Å². The maximum Gasteiger partial charge on any atom is 0.219 e. The van der Waals surface area contributed by atoms with Crippen molar-refractivity contribution in [2.24, 2.45) is 0 Å². The number of rotatable bonds is 3. The molecule has 1 atom stereocenters. The molecule has 1 saturated heterocycles. The smallest absolute Gasteiger partial charge is 0.219 e. The molecule has 2 aromatic rings. The van der Waals surface area contributed by atoms with Crippen LogP contribution in [0.25, 0.3) is 0 Å². The Morgan fingerprint density at radius 3 is 2.61 bits per heavy atom. The van der Waals surface area contributed by atoms with Crippen LogP contribution in [0, 0.1) is 6.92 Å². The summed E-state index contributed by atoms with van der Waals surface area (Å²) in [5.41, 5.74) is 3.51. The predicted octanol–water partition coefficient (Wildman–Crippen LogP) is 2.80. The van der Waals surface area contributed by atoms with Crippen LogP contribution in [-0.2, 0) is 11.3 Å². The first-order valence-electron chi connectivity index (χ1n) is 8.09. The van der Waals surface area contributed by atoms with Crippen LogP contribution in [-0.4, -0.2) is 40.3 Å². The zero-order valence-electron chi connectivity index (χ0n) is 13.8. The van der Waals surface area contributed by atoms with Crippen LogP contribution in [0.4, 0.5) is 0 Å². The van der Waals surface area contributed by atoms with E-state index >= 15 is 0 Å². The number of benzene rings is 1. The summed E-state index contributed by atoms with van der Waals surface area (Å²) in [5.74, 6) is 0.155. The molecular formula is C19H23N3O. The lowest BCUT2D eigenvalue weighted by atomic mass is 10.0. The van der Waals surface area contributed by atoms with Gasteiger partial charge in [0.05, 0.1) is 6.04 Å². The van der Waals surface area contributed by atoms with Gasteiger partial charge in [-0.1, -0.05) is 36.4 Å². The fraction of sp³-hybridized carbons (Fsp3) is 0.368. The number of amides is 1. The molecule has 0 radical (unpaired) electrons. The average Bonchev–Trinajstić information content (AvgIpc) is 2.58. The largest absolute Gasteiger partial charge is 0.340 e. The highest BCUT2D eigenvalue weighted by atomic mass is 16.2. The third kappa shape index (κ3) is 3.77. The Hall–Kier alpha value is -2.20. The number of pyridine rings is 1. The highest BCUT2D eigenvalue weighted by Gasteiger charge is 2.29. The van der Waals surface area contributed by atoms with Crippen LogP contribution >= 0.6 is 0 Å². The number of nitrogens with zero attached hydrogens (tertiary/aromatic N) is 3. The second-order valence-corrected chi connectivity index (χ2v) is 6.17. The van der Waals surface area contributed by atoms with Gasteiger partial charge in [0.2, 0.25) is 5.91 Å². The highest BCUT2D eigenvalue weighted by Crippen LogP contribution is 2.27. The summed E-state index contributed by atoms with van der Waals surface area (Å²) < 4.78 is 0. The number of hydrogen-bond donors (Lipinski definition) is 0. The van der Waals surface area contributed by atoms with E-state index < -0.39 is 0 Å². The molecule has 4 heteroatoms. The Labute approximate surface area is 137 Å². The molecule has 0 bridgehead atoms. The number of piperazine rings is 1. The lowest BCUT2D eigenvalue weighted by molar-refractivity contribution is -0.132. The number of carbonyl (C=O) groups is 1. The van der Waals surface area contributed by atoms with Crippen molar-refractivity contribution in [1.82, 2.24) is 14.8 Å². The number of hydrogen-bond acceptors (Lipinski definition) is 3. The SMILES string of the molecule is CC(=O)N1CCN(Cc2ccc(C)nc2)[C@H](c2ccccc2)C1. The molecule has 120 valence electrons. The molecule has 0 aliphatic carbocycles. The molecule has 0 spiro atoms. The normalized spacial score (nSPS) is 18.9. The third-order valence-electron chi connectivity index (χ3n) is 4.48. The second-order valence-electron chi connectivity index (χ2n) is 6.17. The van der Waals surface area contributed by atoms with E-state index in [0.29, 0.717) is 0 Å². The maximum absolute atomic E-state index is 11.8. The molecule has 1 aliphatic rings. The maximum atomic E-state index is 11.8. The van der Waals surface area contributed by atoms with Gasteiger partial charge in [0.1, 0.15) is 0 Å². The summed E-state index contributed by atoms with van der Waals surface area (Å²) in [4.78, 5) is 20.6. The molecule has 0 N–H and O–H groups in total. The van der Waals surface area contributed by atoms with Crippen LogP contribution in [0.15, 0.2) is 48.7 Å². The predicted molar refractivity (Wildman–Crippen MR) is 90.8 cm³/mol. The lowest BCUT2D eigenvalue weighted by Gasteiger charge is -2.41. The zero-order valence-corrected chi connectivity index (χ0v) is 13.8. The topological polar surface area (TPSA) is 36.4 Å². The molecule has 1 aromatic heterocycles. The van der Waals surface area contributed by atoms with E-state index in [1.165, 1.54) is 11.1 Å². The van der Waals surface area contributed by atoms with Crippen molar-refractivity contribution in [3.63, 3.8) is 0 Å². The summed E-state index contributed by atoms with van der Waals surface area (Å²) >= 11 is 0. The Kier molecular flexibility index (Phi) is 4.72. The fourth-order valence-corrected chi connectivity index (χ4v) is 3.11. The van der Waals surface area contributed by atoms with Gasteiger partial charge in [-0.05, 0) is 24.1 Å². The first kappa shape index (κ1) is 15.7. The van der Waals surface area contributed by atoms with Gasteiger partial charge in [0.25, 0.3) is 0 Å². The van der Waals surface area contributed by atoms with Crippen molar-refractivity contribution in [3.05, 3.63) is 65.5 Å². The van der Waals surface area contributed by atoms with Crippen LogP contribution in [0.5, 0.6) is 0 Å². The van der Waals surface area contributed by atoms with Crippen LogP contribution in [0.1, 0.15) is 29.8 Å². The number of carbonyl (C=O) groups excluding carboxylic acids is 1. The molecule has 2 heterocycles. The Morgan fingerprint density at radius 1 is 1.17 bits per heavy atom. The van der Waals surface area contributed by atoms with Gasteiger partial charge in [-0.2, -0.15) is 0 Å². The Morgan fingerprint density at radius 2 is 1.96 bits per heavy atom. The van der Waals surface area contributed by atoms with Gasteiger partial charge in [0, 0.05) is 45.0 Å². The van der Waals surface area contributed by atoms with Crippen LogP contribution < -0.4 is 0 Å². The minimum Gasteiger partial charge on any atom is -0.340 e. The Bertz CT molecular complexity index is 654. The summed E-state index contributed by atoms with van der Waals surface area (Å²) in [5, 5.41) is 0. The van der Waals surface area contributed by atoms with Gasteiger partial charge in [-0.15, -0.1) is 0 Å². The number of aromatic nitrogens is 1. The quantitative estimate of drug-likeness (QED) is 0.875. The summed E-state index contributed by atoms with van der Waals surface area (Å²) in [6.07, 6.45) is 1.95. The minimum absolute atomic E-state index is 0.155. The van der Waals surface area contributed by atoms with Gasteiger partial charge < -0.3 is 4.90 Å². The molecule has 1 aromatic carbocycles. The van der Waals surface area contributed by atoms with Crippen molar-refractivity contribution in [1.29, 1.82) is 0 Å². The molecule has 23 heavy (non-hydrogen) atoms. The average molecular weight is 309 g/mol. The van der Waals surface area contributed by atoms with Crippen molar-refractivity contribution >= 4 is 5.91 Å². The molecule has 1 amide bonds. The number of aryl methyl sites for hydroxylation is 1. The monoisotopic (exact) mass is 309 g/mol. The first-order chi connectivity index (χ1) is 11.1. The molecule has 0 saturated carbocycles. The lowest BCUT2D eigenvalue weighted by Crippen LogP contribution is -2.49. The molecule has 4 nitrogen and oxygen atoms in total. The molecule has 1 fully saturated rings. The molecule has 0 unspecified atom stereocenters. The van der Waals surface area contributed by atoms with Gasteiger partial charge in [-0.25, -0.2) is 0 Å². The first-order valence-corrected chi connectivity index (χ1v) is 8.09. The van der Waals surface area contributed by atoms with Gasteiger partial charge in [0.15, 0.2) is 0 Å². The van der Waals surface area contributed by atoms with E-state index in [1.807, 2.05) is 24.1 Å². The third-order valence-corrected chi connectivity index (χ3v) is 4.48. The van der Waals surface area contributed by atoms with Crippen molar-refractivity contribution in [2.45, 2.75) is 26.4 Å². The van der Waals surface area contributed by atoms with E-state index in [-0.39, 0.29) is 11.9 Å². The minimum atomic E-state index is 0.155.